The molecule has 2 N–H and O–H groups in total. The Bertz CT molecular complexity index is 245. The molecule has 1 aliphatic rings. The third-order valence-electron chi connectivity index (χ3n) is 3.61. The molecule has 0 aromatic carbocycles. The van der Waals surface area contributed by atoms with Crippen LogP contribution in [0.4, 0.5) is 0 Å². The highest BCUT2D eigenvalue weighted by Crippen LogP contribution is 2.20. The zero-order chi connectivity index (χ0) is 13.8. The van der Waals surface area contributed by atoms with Gasteiger partial charge in [0.2, 0.25) is 0 Å². The minimum absolute atomic E-state index is 0.191. The fourth-order valence-corrected chi connectivity index (χ4v) is 3.02. The van der Waals surface area contributed by atoms with E-state index in [1.165, 1.54) is 12.8 Å². The summed E-state index contributed by atoms with van der Waals surface area (Å²) in [6, 6.07) is 1.04. The largest absolute Gasteiger partial charge is 0.394 e. The van der Waals surface area contributed by atoms with Gasteiger partial charge in [-0.1, -0.05) is 13.8 Å². The molecule has 18 heavy (non-hydrogen) atoms. The molecule has 1 saturated heterocycles. The summed E-state index contributed by atoms with van der Waals surface area (Å²) in [6.45, 7) is 9.79. The lowest BCUT2D eigenvalue weighted by molar-refractivity contribution is 0.0994. The van der Waals surface area contributed by atoms with Gasteiger partial charge in [0.15, 0.2) is 0 Å². The van der Waals surface area contributed by atoms with E-state index in [1.807, 2.05) is 0 Å². The molecule has 0 radical (unpaired) electrons. The van der Waals surface area contributed by atoms with E-state index in [4.69, 9.17) is 0 Å². The number of hydrogen-bond donors (Lipinski definition) is 2. The molecule has 0 bridgehead atoms. The average Bonchev–Trinajstić information content (AvgIpc) is 2.63. The third kappa shape index (κ3) is 4.84. The number of aliphatic hydroxyl groups is 1. The van der Waals surface area contributed by atoms with Crippen LogP contribution in [0.2, 0.25) is 0 Å². The predicted molar refractivity (Wildman–Crippen MR) is 76.9 cm³/mol. The summed E-state index contributed by atoms with van der Waals surface area (Å²) in [5.74, 6) is 0. The van der Waals surface area contributed by atoms with Crippen LogP contribution in [0.1, 0.15) is 33.6 Å². The Balaban J connectivity index is 2.57. The smallest absolute Gasteiger partial charge is 0.0623 e. The van der Waals surface area contributed by atoms with E-state index in [-0.39, 0.29) is 12.1 Å². The fourth-order valence-electron chi connectivity index (χ4n) is 3.02. The van der Waals surface area contributed by atoms with Crippen molar-refractivity contribution in [3.8, 4) is 0 Å². The van der Waals surface area contributed by atoms with E-state index in [0.717, 1.165) is 19.6 Å². The number of likely N-dealkylation sites (N-methyl/N-ethyl adjacent to an activating group) is 1. The van der Waals surface area contributed by atoms with Crippen LogP contribution in [0, 0.1) is 0 Å². The second kappa shape index (κ2) is 6.85. The van der Waals surface area contributed by atoms with Crippen LogP contribution in [0.25, 0.3) is 0 Å². The molecule has 0 amide bonds. The lowest BCUT2D eigenvalue weighted by Gasteiger charge is -2.38. The van der Waals surface area contributed by atoms with Crippen molar-refractivity contribution in [2.24, 2.45) is 0 Å². The molecular formula is C14H31N3O. The van der Waals surface area contributed by atoms with Crippen LogP contribution in [0.15, 0.2) is 0 Å². The number of hydrogen-bond acceptors (Lipinski definition) is 4. The van der Waals surface area contributed by atoms with Crippen LogP contribution >= 0.6 is 0 Å². The topological polar surface area (TPSA) is 38.7 Å². The zero-order valence-electron chi connectivity index (χ0n) is 12.7. The summed E-state index contributed by atoms with van der Waals surface area (Å²) in [6.07, 6.45) is 2.56. The minimum Gasteiger partial charge on any atom is -0.394 e. The Morgan fingerprint density at radius 3 is 2.61 bits per heavy atom. The van der Waals surface area contributed by atoms with Gasteiger partial charge >= 0.3 is 0 Å². The summed E-state index contributed by atoms with van der Waals surface area (Å²) >= 11 is 0. The molecule has 2 unspecified atom stereocenters. The molecule has 0 saturated carbocycles. The maximum Gasteiger partial charge on any atom is 0.0623 e. The van der Waals surface area contributed by atoms with Crippen molar-refractivity contribution >= 4 is 0 Å². The molecule has 0 aromatic heterocycles. The van der Waals surface area contributed by atoms with Crippen molar-refractivity contribution in [1.82, 2.24) is 15.1 Å². The van der Waals surface area contributed by atoms with Gasteiger partial charge in [-0.3, -0.25) is 4.90 Å². The normalized spacial score (nSPS) is 25.0. The Labute approximate surface area is 112 Å². The first-order chi connectivity index (χ1) is 8.36. The summed E-state index contributed by atoms with van der Waals surface area (Å²) in [5.41, 5.74) is -0.191. The van der Waals surface area contributed by atoms with Gasteiger partial charge in [0, 0.05) is 25.2 Å². The number of rotatable bonds is 7. The maximum absolute atomic E-state index is 9.66. The SMILES string of the molecule is CC(C)NC(C)(CO)CN1CCCC1CN(C)C. The van der Waals surface area contributed by atoms with Crippen LogP contribution in [0.3, 0.4) is 0 Å². The highest BCUT2D eigenvalue weighted by atomic mass is 16.3. The molecular weight excluding hydrogens is 226 g/mol. The van der Waals surface area contributed by atoms with E-state index in [0.29, 0.717) is 12.1 Å². The fraction of sp³-hybridized carbons (Fsp3) is 1.00. The van der Waals surface area contributed by atoms with Crippen LogP contribution in [-0.4, -0.2) is 72.9 Å². The van der Waals surface area contributed by atoms with Gasteiger partial charge in [-0.05, 0) is 40.4 Å². The molecule has 1 heterocycles. The first-order valence-corrected chi connectivity index (χ1v) is 7.13. The van der Waals surface area contributed by atoms with Gasteiger partial charge < -0.3 is 15.3 Å². The monoisotopic (exact) mass is 257 g/mol. The van der Waals surface area contributed by atoms with Crippen LogP contribution in [0.5, 0.6) is 0 Å². The van der Waals surface area contributed by atoms with Gasteiger partial charge in [0.1, 0.15) is 0 Å². The Hall–Kier alpha value is -0.160. The first-order valence-electron chi connectivity index (χ1n) is 7.13. The lowest BCUT2D eigenvalue weighted by atomic mass is 10.0. The highest BCUT2D eigenvalue weighted by Gasteiger charge is 2.32. The Morgan fingerprint density at radius 2 is 2.11 bits per heavy atom. The Kier molecular flexibility index (Phi) is 6.05. The number of likely N-dealkylation sites (tertiary alicyclic amines) is 1. The lowest BCUT2D eigenvalue weighted by Crippen LogP contribution is -2.57. The number of nitrogens with zero attached hydrogens (tertiary/aromatic N) is 2. The second-order valence-electron chi connectivity index (χ2n) is 6.55. The van der Waals surface area contributed by atoms with Gasteiger partial charge in [0.05, 0.1) is 12.1 Å². The van der Waals surface area contributed by atoms with Crippen molar-refractivity contribution in [1.29, 1.82) is 0 Å². The summed E-state index contributed by atoms with van der Waals surface area (Å²) < 4.78 is 0. The molecule has 1 fully saturated rings. The van der Waals surface area contributed by atoms with E-state index < -0.39 is 0 Å². The molecule has 0 spiro atoms. The van der Waals surface area contributed by atoms with E-state index >= 15 is 0 Å². The average molecular weight is 257 g/mol. The molecule has 1 rings (SSSR count). The van der Waals surface area contributed by atoms with Crippen LogP contribution in [-0.2, 0) is 0 Å². The van der Waals surface area contributed by atoms with Gasteiger partial charge in [0.25, 0.3) is 0 Å². The van der Waals surface area contributed by atoms with Gasteiger partial charge in [-0.25, -0.2) is 0 Å². The zero-order valence-corrected chi connectivity index (χ0v) is 12.7. The first kappa shape index (κ1) is 15.9. The van der Waals surface area contributed by atoms with E-state index in [1.54, 1.807) is 0 Å². The van der Waals surface area contributed by atoms with Gasteiger partial charge in [-0.15, -0.1) is 0 Å². The molecule has 1 aliphatic heterocycles. The highest BCUT2D eigenvalue weighted by molar-refractivity contribution is 4.92. The van der Waals surface area contributed by atoms with Crippen molar-refractivity contribution in [3.63, 3.8) is 0 Å². The van der Waals surface area contributed by atoms with E-state index in [2.05, 4.69) is 50.0 Å². The molecule has 4 heteroatoms. The molecule has 0 aliphatic carbocycles. The molecule has 4 nitrogen and oxygen atoms in total. The Morgan fingerprint density at radius 1 is 1.44 bits per heavy atom. The van der Waals surface area contributed by atoms with Crippen LogP contribution < -0.4 is 5.32 Å². The van der Waals surface area contributed by atoms with Crippen molar-refractivity contribution in [2.75, 3.05) is 40.3 Å². The second-order valence-corrected chi connectivity index (χ2v) is 6.55. The van der Waals surface area contributed by atoms with Crippen molar-refractivity contribution < 1.29 is 5.11 Å². The number of aliphatic hydroxyl groups excluding tert-OH is 1. The molecule has 0 aromatic rings. The standard InChI is InChI=1S/C14H31N3O/c1-12(2)15-14(3,11-18)10-17-8-6-7-13(17)9-16(4)5/h12-13,15,18H,6-11H2,1-5H3. The predicted octanol–water partition coefficient (Wildman–Crippen LogP) is 0.761. The van der Waals surface area contributed by atoms with E-state index in [9.17, 15) is 5.11 Å². The quantitative estimate of drug-likeness (QED) is 0.706. The van der Waals surface area contributed by atoms with Crippen molar-refractivity contribution in [3.05, 3.63) is 0 Å². The minimum atomic E-state index is -0.191. The third-order valence-corrected chi connectivity index (χ3v) is 3.61. The van der Waals surface area contributed by atoms with Crippen molar-refractivity contribution in [2.45, 2.75) is 51.2 Å². The maximum atomic E-state index is 9.66. The summed E-state index contributed by atoms with van der Waals surface area (Å²) in [4.78, 5) is 4.79. The summed E-state index contributed by atoms with van der Waals surface area (Å²) in [7, 11) is 4.27. The van der Waals surface area contributed by atoms with Gasteiger partial charge in [-0.2, -0.15) is 0 Å². The molecule has 108 valence electrons. The number of nitrogens with one attached hydrogen (secondary N) is 1. The molecule has 2 atom stereocenters. The summed E-state index contributed by atoms with van der Waals surface area (Å²) in [5, 5.41) is 13.2.